The minimum atomic E-state index is -3.86. The molecule has 0 unspecified atom stereocenters. The monoisotopic (exact) mass is 390 g/mol. The molecule has 1 N–H and O–H groups in total. The van der Waals surface area contributed by atoms with Gasteiger partial charge < -0.3 is 14.4 Å². The van der Waals surface area contributed by atoms with Crippen LogP contribution in [0.4, 0.5) is 5.69 Å². The SMILES string of the molecule is COc1ccc(S(=O)(=O)Nc2ccc(C(=O)N3CCCC3)cc2)c(OC)c1. The Kier molecular flexibility index (Phi) is 5.55. The molecule has 3 rings (SSSR count). The highest BCUT2D eigenvalue weighted by Gasteiger charge is 2.22. The molecule has 1 fully saturated rings. The summed E-state index contributed by atoms with van der Waals surface area (Å²) in [7, 11) is -0.968. The average Bonchev–Trinajstić information content (AvgIpc) is 3.22. The Hall–Kier alpha value is -2.74. The van der Waals surface area contributed by atoms with Gasteiger partial charge in [-0.1, -0.05) is 0 Å². The fourth-order valence-corrected chi connectivity index (χ4v) is 4.20. The van der Waals surface area contributed by atoms with Crippen molar-refractivity contribution in [3.05, 3.63) is 48.0 Å². The van der Waals surface area contributed by atoms with E-state index < -0.39 is 10.0 Å². The molecule has 1 heterocycles. The van der Waals surface area contributed by atoms with Gasteiger partial charge >= 0.3 is 0 Å². The number of nitrogens with zero attached hydrogens (tertiary/aromatic N) is 1. The molecule has 0 bridgehead atoms. The van der Waals surface area contributed by atoms with E-state index in [-0.39, 0.29) is 16.6 Å². The van der Waals surface area contributed by atoms with Gasteiger partial charge in [-0.3, -0.25) is 9.52 Å². The Morgan fingerprint density at radius 2 is 1.67 bits per heavy atom. The van der Waals surface area contributed by atoms with E-state index in [9.17, 15) is 13.2 Å². The van der Waals surface area contributed by atoms with Gasteiger partial charge in [-0.2, -0.15) is 0 Å². The number of carbonyl (C=O) groups excluding carboxylic acids is 1. The topological polar surface area (TPSA) is 84.9 Å². The van der Waals surface area contributed by atoms with Crippen LogP contribution in [0.1, 0.15) is 23.2 Å². The normalized spacial score (nSPS) is 14.1. The van der Waals surface area contributed by atoms with E-state index in [0.717, 1.165) is 25.9 Å². The zero-order valence-corrected chi connectivity index (χ0v) is 16.1. The van der Waals surface area contributed by atoms with Crippen LogP contribution in [0, 0.1) is 0 Å². The van der Waals surface area contributed by atoms with E-state index in [1.807, 2.05) is 0 Å². The predicted molar refractivity (Wildman–Crippen MR) is 102 cm³/mol. The standard InChI is InChI=1S/C19H22N2O5S/c1-25-16-9-10-18(17(13-16)26-2)27(23,24)20-15-7-5-14(6-8-15)19(22)21-11-3-4-12-21/h5-10,13,20H,3-4,11-12H2,1-2H3. The highest BCUT2D eigenvalue weighted by Crippen LogP contribution is 2.29. The molecule has 27 heavy (non-hydrogen) atoms. The van der Waals surface area contributed by atoms with E-state index in [2.05, 4.69) is 4.72 Å². The number of likely N-dealkylation sites (tertiary alicyclic amines) is 1. The first kappa shape index (κ1) is 19.0. The summed E-state index contributed by atoms with van der Waals surface area (Å²) < 4.78 is 38.2. The highest BCUT2D eigenvalue weighted by molar-refractivity contribution is 7.92. The van der Waals surface area contributed by atoms with Gasteiger partial charge in [0.25, 0.3) is 15.9 Å². The minimum absolute atomic E-state index is 0.00280. The first-order valence-corrected chi connectivity index (χ1v) is 10.1. The number of anilines is 1. The molecule has 144 valence electrons. The Morgan fingerprint density at radius 3 is 2.26 bits per heavy atom. The fraction of sp³-hybridized carbons (Fsp3) is 0.316. The van der Waals surface area contributed by atoms with Crippen molar-refractivity contribution >= 4 is 21.6 Å². The first-order valence-electron chi connectivity index (χ1n) is 8.59. The summed E-state index contributed by atoms with van der Waals surface area (Å²) in [5, 5.41) is 0. The van der Waals surface area contributed by atoms with Gasteiger partial charge in [0.2, 0.25) is 0 Å². The highest BCUT2D eigenvalue weighted by atomic mass is 32.2. The molecule has 0 spiro atoms. The third kappa shape index (κ3) is 4.16. The Morgan fingerprint density at radius 1 is 1.00 bits per heavy atom. The summed E-state index contributed by atoms with van der Waals surface area (Å²) in [6.45, 7) is 1.54. The molecule has 0 radical (unpaired) electrons. The van der Waals surface area contributed by atoms with Crippen LogP contribution in [0.5, 0.6) is 11.5 Å². The van der Waals surface area contributed by atoms with Crippen LogP contribution < -0.4 is 14.2 Å². The first-order chi connectivity index (χ1) is 12.9. The molecule has 7 nitrogen and oxygen atoms in total. The quantitative estimate of drug-likeness (QED) is 0.820. The summed E-state index contributed by atoms with van der Waals surface area (Å²) in [6, 6.07) is 10.9. The number of hydrogen-bond donors (Lipinski definition) is 1. The van der Waals surface area contributed by atoms with E-state index in [4.69, 9.17) is 9.47 Å². The van der Waals surface area contributed by atoms with E-state index in [1.54, 1.807) is 35.2 Å². The summed E-state index contributed by atoms with van der Waals surface area (Å²) in [5.74, 6) is 0.650. The Balaban J connectivity index is 1.79. The van der Waals surface area contributed by atoms with Crippen molar-refractivity contribution in [2.45, 2.75) is 17.7 Å². The lowest BCUT2D eigenvalue weighted by molar-refractivity contribution is 0.0793. The second kappa shape index (κ2) is 7.87. The minimum Gasteiger partial charge on any atom is -0.497 e. The van der Waals surface area contributed by atoms with Crippen molar-refractivity contribution in [3.63, 3.8) is 0 Å². The van der Waals surface area contributed by atoms with Crippen molar-refractivity contribution in [2.24, 2.45) is 0 Å². The number of benzene rings is 2. The Labute approximate surface area is 158 Å². The fourth-order valence-electron chi connectivity index (χ4n) is 2.99. The maximum absolute atomic E-state index is 12.7. The van der Waals surface area contributed by atoms with Gasteiger partial charge in [0.05, 0.1) is 14.2 Å². The molecule has 0 saturated carbocycles. The van der Waals surface area contributed by atoms with E-state index in [1.165, 1.54) is 26.4 Å². The number of amides is 1. The largest absolute Gasteiger partial charge is 0.497 e. The second-order valence-corrected chi connectivity index (χ2v) is 7.85. The van der Waals surface area contributed by atoms with Crippen LogP contribution in [0.2, 0.25) is 0 Å². The van der Waals surface area contributed by atoms with Crippen LogP contribution in [0.15, 0.2) is 47.4 Å². The molecule has 1 aliphatic heterocycles. The van der Waals surface area contributed by atoms with Crippen molar-refractivity contribution in [1.82, 2.24) is 4.90 Å². The summed E-state index contributed by atoms with van der Waals surface area (Å²) in [4.78, 5) is 14.2. The van der Waals surface area contributed by atoms with E-state index >= 15 is 0 Å². The number of hydrogen-bond acceptors (Lipinski definition) is 5. The summed E-state index contributed by atoms with van der Waals surface area (Å²) >= 11 is 0. The van der Waals surface area contributed by atoms with Gasteiger partial charge in [-0.25, -0.2) is 8.42 Å². The molecule has 0 aliphatic carbocycles. The third-order valence-electron chi connectivity index (χ3n) is 4.44. The molecular formula is C19H22N2O5S. The molecule has 2 aromatic carbocycles. The van der Waals surface area contributed by atoms with Crippen molar-refractivity contribution in [1.29, 1.82) is 0 Å². The number of rotatable bonds is 6. The lowest BCUT2D eigenvalue weighted by atomic mass is 10.2. The number of sulfonamides is 1. The summed E-state index contributed by atoms with van der Waals surface area (Å²) in [6.07, 6.45) is 2.04. The van der Waals surface area contributed by atoms with Crippen LogP contribution in [0.3, 0.4) is 0 Å². The molecule has 0 atom stereocenters. The van der Waals surface area contributed by atoms with Gasteiger partial charge in [0.1, 0.15) is 16.4 Å². The molecule has 8 heteroatoms. The van der Waals surface area contributed by atoms with E-state index in [0.29, 0.717) is 17.0 Å². The molecule has 1 aliphatic rings. The molecule has 2 aromatic rings. The third-order valence-corrected chi connectivity index (χ3v) is 5.86. The zero-order valence-electron chi connectivity index (χ0n) is 15.3. The average molecular weight is 390 g/mol. The van der Waals surface area contributed by atoms with Gasteiger partial charge in [-0.15, -0.1) is 0 Å². The summed E-state index contributed by atoms with van der Waals surface area (Å²) in [5.41, 5.74) is 0.910. The zero-order chi connectivity index (χ0) is 19.4. The predicted octanol–water partition coefficient (Wildman–Crippen LogP) is 2.74. The van der Waals surface area contributed by atoms with Gasteiger partial charge in [0.15, 0.2) is 0 Å². The van der Waals surface area contributed by atoms with Crippen LogP contribution in [0.25, 0.3) is 0 Å². The number of ether oxygens (including phenoxy) is 2. The maximum atomic E-state index is 12.7. The molecular weight excluding hydrogens is 368 g/mol. The van der Waals surface area contributed by atoms with Crippen LogP contribution in [-0.4, -0.2) is 46.5 Å². The van der Waals surface area contributed by atoms with Crippen molar-refractivity contribution in [2.75, 3.05) is 32.0 Å². The van der Waals surface area contributed by atoms with Gasteiger partial charge in [0, 0.05) is 30.4 Å². The van der Waals surface area contributed by atoms with Gasteiger partial charge in [-0.05, 0) is 49.2 Å². The van der Waals surface area contributed by atoms with Crippen molar-refractivity contribution in [3.8, 4) is 11.5 Å². The smallest absolute Gasteiger partial charge is 0.265 e. The maximum Gasteiger partial charge on any atom is 0.265 e. The number of carbonyl (C=O) groups is 1. The molecule has 1 saturated heterocycles. The molecule has 0 aromatic heterocycles. The second-order valence-electron chi connectivity index (χ2n) is 6.20. The van der Waals surface area contributed by atoms with Crippen molar-refractivity contribution < 1.29 is 22.7 Å². The van der Waals surface area contributed by atoms with Crippen LogP contribution in [-0.2, 0) is 10.0 Å². The Bertz CT molecular complexity index is 920. The lowest BCUT2D eigenvalue weighted by Gasteiger charge is -2.16. The number of methoxy groups -OCH3 is 2. The molecule has 1 amide bonds. The number of nitrogens with one attached hydrogen (secondary N) is 1. The lowest BCUT2D eigenvalue weighted by Crippen LogP contribution is -2.27. The van der Waals surface area contributed by atoms with Crippen LogP contribution >= 0.6 is 0 Å².